The molecule has 0 bridgehead atoms. The van der Waals surface area contributed by atoms with E-state index >= 15 is 0 Å². The fraction of sp³-hybridized carbons (Fsp3) is 0.278. The fourth-order valence-corrected chi connectivity index (χ4v) is 3.28. The van der Waals surface area contributed by atoms with Crippen molar-refractivity contribution < 1.29 is 4.79 Å². The van der Waals surface area contributed by atoms with Gasteiger partial charge in [0.25, 0.3) is 0 Å². The lowest BCUT2D eigenvalue weighted by Gasteiger charge is -2.35. The molecular formula is C18H18ClN5O. The number of hydrogen-bond donors (Lipinski definition) is 1. The highest BCUT2D eigenvalue weighted by molar-refractivity contribution is 6.33. The van der Waals surface area contributed by atoms with Gasteiger partial charge >= 0.3 is 0 Å². The Morgan fingerprint density at radius 1 is 1.08 bits per heavy atom. The number of para-hydroxylation sites is 2. The van der Waals surface area contributed by atoms with Gasteiger partial charge in [-0.1, -0.05) is 23.7 Å². The van der Waals surface area contributed by atoms with Gasteiger partial charge in [0, 0.05) is 33.1 Å². The molecule has 128 valence electrons. The number of amides is 1. The lowest BCUT2D eigenvalue weighted by Crippen LogP contribution is -2.48. The van der Waals surface area contributed by atoms with Crippen molar-refractivity contribution in [3.8, 4) is 11.5 Å². The van der Waals surface area contributed by atoms with Gasteiger partial charge in [0.05, 0.1) is 16.1 Å². The molecule has 1 saturated heterocycles. The maximum atomic E-state index is 11.5. The summed E-state index contributed by atoms with van der Waals surface area (Å²) in [6, 6.07) is 11.6. The topological polar surface area (TPSA) is 65.1 Å². The minimum Gasteiger partial charge on any atom is -0.353 e. The highest BCUT2D eigenvalue weighted by atomic mass is 35.5. The Morgan fingerprint density at radius 2 is 1.84 bits per heavy atom. The third kappa shape index (κ3) is 3.05. The lowest BCUT2D eigenvalue weighted by atomic mass is 10.2. The monoisotopic (exact) mass is 355 g/mol. The number of hydrogen-bond acceptors (Lipinski definition) is 4. The van der Waals surface area contributed by atoms with Gasteiger partial charge in [0.2, 0.25) is 5.91 Å². The largest absolute Gasteiger partial charge is 0.353 e. The summed E-state index contributed by atoms with van der Waals surface area (Å²) in [6.45, 7) is 4.54. The van der Waals surface area contributed by atoms with E-state index in [-0.39, 0.29) is 5.91 Å². The second-order valence-electron chi connectivity index (χ2n) is 6.10. The number of rotatable bonds is 2. The molecule has 0 spiro atoms. The fourth-order valence-electron chi connectivity index (χ4n) is 3.09. The third-order valence-corrected chi connectivity index (χ3v) is 4.80. The van der Waals surface area contributed by atoms with Crippen LogP contribution in [0.15, 0.2) is 36.4 Å². The molecule has 1 aromatic carbocycles. The normalized spacial score (nSPS) is 15.0. The van der Waals surface area contributed by atoms with Gasteiger partial charge in [-0.25, -0.2) is 9.97 Å². The number of benzene rings is 1. The lowest BCUT2D eigenvalue weighted by molar-refractivity contribution is -0.129. The second kappa shape index (κ2) is 6.37. The number of nitrogens with one attached hydrogen (secondary N) is 1. The van der Waals surface area contributed by atoms with E-state index in [9.17, 15) is 4.79 Å². The molecular weight excluding hydrogens is 338 g/mol. The van der Waals surface area contributed by atoms with Crippen LogP contribution in [0.4, 0.5) is 5.82 Å². The van der Waals surface area contributed by atoms with Crippen LogP contribution < -0.4 is 4.90 Å². The van der Waals surface area contributed by atoms with Gasteiger partial charge in [-0.2, -0.15) is 0 Å². The molecule has 3 heterocycles. The molecule has 0 atom stereocenters. The Hall–Kier alpha value is -2.60. The van der Waals surface area contributed by atoms with E-state index in [1.165, 1.54) is 0 Å². The second-order valence-corrected chi connectivity index (χ2v) is 6.50. The standard InChI is InChI=1S/C18H18ClN5O/c1-12(25)23-8-10-24(11-9-23)16-7-6-13(19)17(22-16)18-20-14-4-2-3-5-15(14)21-18/h2-7H,8-11H2,1H3,(H,20,21). The van der Waals surface area contributed by atoms with Crippen LogP contribution in [-0.4, -0.2) is 51.9 Å². The molecule has 1 aliphatic rings. The summed E-state index contributed by atoms with van der Waals surface area (Å²) in [6.07, 6.45) is 0. The van der Waals surface area contributed by atoms with Crippen molar-refractivity contribution >= 4 is 34.4 Å². The van der Waals surface area contributed by atoms with Gasteiger partial charge in [0.1, 0.15) is 11.5 Å². The van der Waals surface area contributed by atoms with Crippen LogP contribution in [0.5, 0.6) is 0 Å². The van der Waals surface area contributed by atoms with E-state index in [1.807, 2.05) is 41.3 Å². The maximum absolute atomic E-state index is 11.5. The van der Waals surface area contributed by atoms with Crippen LogP contribution in [0.3, 0.4) is 0 Å². The van der Waals surface area contributed by atoms with Crippen LogP contribution in [0, 0.1) is 0 Å². The number of nitrogens with zero attached hydrogens (tertiary/aromatic N) is 4. The van der Waals surface area contributed by atoms with Crippen LogP contribution in [0.1, 0.15) is 6.92 Å². The Balaban J connectivity index is 1.64. The molecule has 6 nitrogen and oxygen atoms in total. The number of H-pyrrole nitrogens is 1. The van der Waals surface area contributed by atoms with Gasteiger partial charge in [-0.05, 0) is 24.3 Å². The maximum Gasteiger partial charge on any atom is 0.219 e. The Bertz CT molecular complexity index is 897. The first kappa shape index (κ1) is 15.9. The molecule has 1 N–H and O–H groups in total. The molecule has 0 radical (unpaired) electrons. The Morgan fingerprint density at radius 3 is 2.56 bits per heavy atom. The number of aromatic amines is 1. The minimum atomic E-state index is 0.117. The van der Waals surface area contributed by atoms with Crippen molar-refractivity contribution in [3.63, 3.8) is 0 Å². The highest BCUT2D eigenvalue weighted by Gasteiger charge is 2.21. The minimum absolute atomic E-state index is 0.117. The zero-order valence-electron chi connectivity index (χ0n) is 13.9. The van der Waals surface area contributed by atoms with Gasteiger partial charge < -0.3 is 14.8 Å². The summed E-state index contributed by atoms with van der Waals surface area (Å²) >= 11 is 6.37. The quantitative estimate of drug-likeness (QED) is 0.767. The molecule has 25 heavy (non-hydrogen) atoms. The molecule has 1 amide bonds. The number of fused-ring (bicyclic) bond motifs is 1. The first-order chi connectivity index (χ1) is 12.1. The third-order valence-electron chi connectivity index (χ3n) is 4.49. The smallest absolute Gasteiger partial charge is 0.219 e. The zero-order valence-corrected chi connectivity index (χ0v) is 14.6. The average Bonchev–Trinajstić information content (AvgIpc) is 3.06. The van der Waals surface area contributed by atoms with E-state index in [1.54, 1.807) is 6.92 Å². The summed E-state index contributed by atoms with van der Waals surface area (Å²) in [7, 11) is 0. The summed E-state index contributed by atoms with van der Waals surface area (Å²) in [5.74, 6) is 1.63. The summed E-state index contributed by atoms with van der Waals surface area (Å²) in [5.41, 5.74) is 2.48. The molecule has 3 aromatic rings. The predicted octanol–water partition coefficient (Wildman–Crippen LogP) is 2.95. The number of carbonyl (C=O) groups excluding carboxylic acids is 1. The number of halogens is 1. The van der Waals surface area contributed by atoms with Crippen LogP contribution in [0.2, 0.25) is 5.02 Å². The molecule has 7 heteroatoms. The molecule has 0 saturated carbocycles. The van der Waals surface area contributed by atoms with Gasteiger partial charge in [-0.15, -0.1) is 0 Å². The number of imidazole rings is 1. The Kier molecular flexibility index (Phi) is 4.05. The van der Waals surface area contributed by atoms with Crippen molar-refractivity contribution in [3.05, 3.63) is 41.4 Å². The number of pyridine rings is 1. The van der Waals surface area contributed by atoms with E-state index in [4.69, 9.17) is 16.6 Å². The van der Waals surface area contributed by atoms with Gasteiger partial charge in [0.15, 0.2) is 5.82 Å². The van der Waals surface area contributed by atoms with Gasteiger partial charge in [-0.3, -0.25) is 4.79 Å². The van der Waals surface area contributed by atoms with E-state index < -0.39 is 0 Å². The van der Waals surface area contributed by atoms with Crippen molar-refractivity contribution in [1.82, 2.24) is 19.9 Å². The summed E-state index contributed by atoms with van der Waals surface area (Å²) in [4.78, 5) is 28.1. The van der Waals surface area contributed by atoms with Crippen molar-refractivity contribution in [1.29, 1.82) is 0 Å². The predicted molar refractivity (Wildman–Crippen MR) is 98.8 cm³/mol. The van der Waals surface area contributed by atoms with Crippen molar-refractivity contribution in [2.45, 2.75) is 6.92 Å². The zero-order chi connectivity index (χ0) is 17.4. The molecule has 1 aliphatic heterocycles. The first-order valence-electron chi connectivity index (χ1n) is 8.24. The average molecular weight is 356 g/mol. The molecule has 0 unspecified atom stereocenters. The summed E-state index contributed by atoms with van der Waals surface area (Å²) in [5, 5.41) is 0.560. The van der Waals surface area contributed by atoms with Crippen molar-refractivity contribution in [2.75, 3.05) is 31.1 Å². The number of anilines is 1. The van der Waals surface area contributed by atoms with E-state index in [2.05, 4.69) is 14.9 Å². The summed E-state index contributed by atoms with van der Waals surface area (Å²) < 4.78 is 0. The van der Waals surface area contributed by atoms with E-state index in [0.29, 0.717) is 29.6 Å². The first-order valence-corrected chi connectivity index (χ1v) is 8.62. The van der Waals surface area contributed by atoms with Crippen LogP contribution >= 0.6 is 11.6 Å². The van der Waals surface area contributed by atoms with Crippen LogP contribution in [0.25, 0.3) is 22.6 Å². The molecule has 1 fully saturated rings. The number of piperazine rings is 1. The molecule has 2 aromatic heterocycles. The number of aromatic nitrogens is 3. The Labute approximate surface area is 150 Å². The van der Waals surface area contributed by atoms with E-state index in [0.717, 1.165) is 29.9 Å². The molecule has 4 rings (SSSR count). The number of carbonyl (C=O) groups is 1. The highest BCUT2D eigenvalue weighted by Crippen LogP contribution is 2.28. The van der Waals surface area contributed by atoms with Crippen molar-refractivity contribution in [2.24, 2.45) is 0 Å². The molecule has 0 aliphatic carbocycles. The van der Waals surface area contributed by atoms with Crippen LogP contribution in [-0.2, 0) is 4.79 Å². The SMILES string of the molecule is CC(=O)N1CCN(c2ccc(Cl)c(-c3nc4ccccc4[nH]3)n2)CC1.